The Bertz CT molecular complexity index is 372. The highest BCUT2D eigenvalue weighted by Gasteiger charge is 2.18. The zero-order valence-corrected chi connectivity index (χ0v) is 9.43. The van der Waals surface area contributed by atoms with Crippen LogP contribution >= 0.6 is 11.3 Å². The van der Waals surface area contributed by atoms with Gasteiger partial charge in [-0.3, -0.25) is 4.79 Å². The minimum atomic E-state index is -1.00. The van der Waals surface area contributed by atoms with Crippen molar-refractivity contribution in [2.45, 2.75) is 26.3 Å². The minimum absolute atomic E-state index is 0.317. The zero-order valence-electron chi connectivity index (χ0n) is 8.61. The van der Waals surface area contributed by atoms with Gasteiger partial charge in [-0.05, 0) is 25.5 Å². The fraction of sp³-hybridized carbons (Fsp3) is 0.400. The van der Waals surface area contributed by atoms with E-state index < -0.39 is 12.0 Å². The fourth-order valence-electron chi connectivity index (χ4n) is 1.12. The van der Waals surface area contributed by atoms with Crippen LogP contribution in [-0.4, -0.2) is 23.0 Å². The lowest BCUT2D eigenvalue weighted by atomic mass is 10.2. The molecule has 0 bridgehead atoms. The van der Waals surface area contributed by atoms with Crippen molar-refractivity contribution in [3.8, 4) is 0 Å². The third kappa shape index (κ3) is 3.06. The van der Waals surface area contributed by atoms with E-state index >= 15 is 0 Å². The Labute approximate surface area is 91.9 Å². The number of nitrogens with one attached hydrogen (secondary N) is 1. The number of carbonyl (C=O) groups excluding carboxylic acids is 1. The van der Waals surface area contributed by atoms with E-state index in [0.717, 1.165) is 4.88 Å². The third-order valence-electron chi connectivity index (χ3n) is 1.98. The van der Waals surface area contributed by atoms with Crippen LogP contribution in [0.3, 0.4) is 0 Å². The van der Waals surface area contributed by atoms with Crippen LogP contribution in [0.1, 0.15) is 27.9 Å². The van der Waals surface area contributed by atoms with Crippen molar-refractivity contribution in [2.75, 3.05) is 0 Å². The van der Waals surface area contributed by atoms with Crippen LogP contribution < -0.4 is 5.32 Å². The second kappa shape index (κ2) is 4.93. The number of carbonyl (C=O) groups is 2. The van der Waals surface area contributed by atoms with Crippen molar-refractivity contribution < 1.29 is 14.7 Å². The smallest absolute Gasteiger partial charge is 0.326 e. The molecule has 0 aliphatic heterocycles. The summed E-state index contributed by atoms with van der Waals surface area (Å²) in [4.78, 5) is 23.8. The van der Waals surface area contributed by atoms with E-state index in [9.17, 15) is 9.59 Å². The minimum Gasteiger partial charge on any atom is -0.480 e. The Hall–Kier alpha value is -1.36. The van der Waals surface area contributed by atoms with Crippen LogP contribution in [0.4, 0.5) is 0 Å². The highest BCUT2D eigenvalue weighted by molar-refractivity contribution is 7.13. The molecule has 2 N–H and O–H groups in total. The van der Waals surface area contributed by atoms with Crippen LogP contribution in [0.15, 0.2) is 12.1 Å². The average Bonchev–Trinajstić information content (AvgIpc) is 2.60. The number of carboxylic acid groups (broad SMARTS) is 1. The van der Waals surface area contributed by atoms with Crippen molar-refractivity contribution in [3.63, 3.8) is 0 Å². The summed E-state index contributed by atoms with van der Waals surface area (Å²) in [5.74, 6) is -1.32. The molecule has 1 rings (SSSR count). The summed E-state index contributed by atoms with van der Waals surface area (Å²) >= 11 is 1.36. The second-order valence-corrected chi connectivity index (χ2v) is 4.47. The molecule has 1 amide bonds. The topological polar surface area (TPSA) is 66.4 Å². The lowest BCUT2D eigenvalue weighted by Gasteiger charge is -2.10. The van der Waals surface area contributed by atoms with Gasteiger partial charge in [0.1, 0.15) is 6.04 Å². The molecule has 0 fully saturated rings. The van der Waals surface area contributed by atoms with Crippen LogP contribution in [0.2, 0.25) is 0 Å². The Morgan fingerprint density at radius 2 is 2.20 bits per heavy atom. The van der Waals surface area contributed by atoms with Crippen molar-refractivity contribution >= 4 is 23.2 Å². The molecule has 1 heterocycles. The van der Waals surface area contributed by atoms with Gasteiger partial charge < -0.3 is 10.4 Å². The van der Waals surface area contributed by atoms with Gasteiger partial charge in [0.05, 0.1) is 4.88 Å². The molecule has 0 saturated heterocycles. The molecule has 0 aromatic carbocycles. The van der Waals surface area contributed by atoms with E-state index in [4.69, 9.17) is 5.11 Å². The van der Waals surface area contributed by atoms with Crippen LogP contribution in [0.5, 0.6) is 0 Å². The van der Waals surface area contributed by atoms with E-state index in [-0.39, 0.29) is 5.91 Å². The Morgan fingerprint density at radius 3 is 2.60 bits per heavy atom. The average molecular weight is 227 g/mol. The van der Waals surface area contributed by atoms with Gasteiger partial charge in [0.15, 0.2) is 0 Å². The SMILES string of the molecule is CC[C@@H](NC(=O)c1ccc(C)s1)C(=O)O. The first-order valence-corrected chi connectivity index (χ1v) is 5.46. The van der Waals surface area contributed by atoms with Crippen molar-refractivity contribution in [3.05, 3.63) is 21.9 Å². The highest BCUT2D eigenvalue weighted by atomic mass is 32.1. The van der Waals surface area contributed by atoms with Gasteiger partial charge in [-0.25, -0.2) is 4.79 Å². The molecule has 82 valence electrons. The molecule has 0 radical (unpaired) electrons. The molecule has 0 aliphatic rings. The van der Waals surface area contributed by atoms with Crippen LogP contribution in [0.25, 0.3) is 0 Å². The second-order valence-electron chi connectivity index (χ2n) is 3.18. The van der Waals surface area contributed by atoms with E-state index in [1.165, 1.54) is 11.3 Å². The van der Waals surface area contributed by atoms with E-state index in [0.29, 0.717) is 11.3 Å². The van der Waals surface area contributed by atoms with Gasteiger partial charge >= 0.3 is 5.97 Å². The summed E-state index contributed by atoms with van der Waals surface area (Å²) in [6.07, 6.45) is 0.380. The van der Waals surface area contributed by atoms with E-state index in [1.54, 1.807) is 13.0 Å². The van der Waals surface area contributed by atoms with Gasteiger partial charge in [-0.2, -0.15) is 0 Å². The van der Waals surface area contributed by atoms with Crippen molar-refractivity contribution in [1.29, 1.82) is 0 Å². The molecule has 0 unspecified atom stereocenters. The first kappa shape index (κ1) is 11.7. The number of rotatable bonds is 4. The lowest BCUT2D eigenvalue weighted by Crippen LogP contribution is -2.39. The van der Waals surface area contributed by atoms with E-state index in [1.807, 2.05) is 13.0 Å². The summed E-state index contributed by atoms with van der Waals surface area (Å²) in [5, 5.41) is 11.2. The first-order valence-electron chi connectivity index (χ1n) is 4.64. The molecule has 0 aliphatic carbocycles. The molecule has 1 aromatic heterocycles. The number of aliphatic carboxylic acids is 1. The zero-order chi connectivity index (χ0) is 11.4. The van der Waals surface area contributed by atoms with E-state index in [2.05, 4.69) is 5.32 Å². The number of aryl methyl sites for hydroxylation is 1. The fourth-order valence-corrected chi connectivity index (χ4v) is 1.90. The molecular weight excluding hydrogens is 214 g/mol. The largest absolute Gasteiger partial charge is 0.480 e. The summed E-state index contributed by atoms with van der Waals surface area (Å²) in [6, 6.07) is 2.73. The number of amides is 1. The summed E-state index contributed by atoms with van der Waals surface area (Å²) in [6.45, 7) is 3.62. The molecule has 1 aromatic rings. The molecule has 15 heavy (non-hydrogen) atoms. The van der Waals surface area contributed by atoms with Gasteiger partial charge in [0.25, 0.3) is 5.91 Å². The monoisotopic (exact) mass is 227 g/mol. The van der Waals surface area contributed by atoms with Crippen molar-refractivity contribution in [1.82, 2.24) is 5.32 Å². The summed E-state index contributed by atoms with van der Waals surface area (Å²) < 4.78 is 0. The Balaban J connectivity index is 2.66. The molecule has 5 heteroatoms. The number of hydrogen-bond acceptors (Lipinski definition) is 3. The van der Waals surface area contributed by atoms with Crippen molar-refractivity contribution in [2.24, 2.45) is 0 Å². The highest BCUT2D eigenvalue weighted by Crippen LogP contribution is 2.14. The van der Waals surface area contributed by atoms with Gasteiger partial charge in [-0.1, -0.05) is 6.92 Å². The third-order valence-corrected chi connectivity index (χ3v) is 2.98. The van der Waals surface area contributed by atoms with Crippen LogP contribution in [-0.2, 0) is 4.79 Å². The molecule has 4 nitrogen and oxygen atoms in total. The maximum Gasteiger partial charge on any atom is 0.326 e. The number of hydrogen-bond donors (Lipinski definition) is 2. The van der Waals surface area contributed by atoms with Gasteiger partial charge in [-0.15, -0.1) is 11.3 Å². The quantitative estimate of drug-likeness (QED) is 0.822. The molecule has 0 spiro atoms. The predicted molar refractivity (Wildman–Crippen MR) is 58.2 cm³/mol. The maximum atomic E-state index is 11.6. The normalized spacial score (nSPS) is 12.1. The number of thiophene rings is 1. The lowest BCUT2D eigenvalue weighted by molar-refractivity contribution is -0.139. The predicted octanol–water partition coefficient (Wildman–Crippen LogP) is 1.65. The van der Waals surface area contributed by atoms with Crippen LogP contribution in [0, 0.1) is 6.92 Å². The first-order chi connectivity index (χ1) is 7.04. The Morgan fingerprint density at radius 1 is 1.53 bits per heavy atom. The van der Waals surface area contributed by atoms with Gasteiger partial charge in [0, 0.05) is 4.88 Å². The molecule has 0 saturated carbocycles. The number of carboxylic acids is 1. The Kier molecular flexibility index (Phi) is 3.85. The maximum absolute atomic E-state index is 11.6. The van der Waals surface area contributed by atoms with Gasteiger partial charge in [0.2, 0.25) is 0 Å². The standard InChI is InChI=1S/C10H13NO3S/c1-3-7(10(13)14)11-9(12)8-5-4-6(2)15-8/h4-5,7H,3H2,1-2H3,(H,11,12)(H,13,14)/t7-/m1/s1. The summed E-state index contributed by atoms with van der Waals surface area (Å²) in [5.41, 5.74) is 0. The molecular formula is C10H13NO3S. The molecule has 1 atom stereocenters. The summed E-state index contributed by atoms with van der Waals surface area (Å²) in [7, 11) is 0.